The second-order valence-electron chi connectivity index (χ2n) is 3.38. The molecule has 0 bridgehead atoms. The summed E-state index contributed by atoms with van der Waals surface area (Å²) in [6, 6.07) is 6.59. The minimum Gasteiger partial charge on any atom is -0.318 e. The largest absolute Gasteiger partial charge is 0.318 e. The van der Waals surface area contributed by atoms with Crippen LogP contribution in [0.2, 0.25) is 0 Å². The molecule has 0 saturated carbocycles. The maximum atomic E-state index is 13.4. The van der Waals surface area contributed by atoms with Crippen molar-refractivity contribution in [3.8, 4) is 0 Å². The Morgan fingerprint density at radius 1 is 1.33 bits per heavy atom. The maximum Gasteiger partial charge on any atom is 0.276 e. The van der Waals surface area contributed by atoms with Crippen LogP contribution in [0.25, 0.3) is 0 Å². The van der Waals surface area contributed by atoms with Crippen molar-refractivity contribution < 1.29 is 9.18 Å². The molecule has 1 aromatic heterocycles. The summed E-state index contributed by atoms with van der Waals surface area (Å²) in [5, 5.41) is 8.02. The standard InChI is InChI=1S/C11H7BrFN3O2/c12-6-1-2-7(13)9(5-6)14-11(18)8-3-4-10(17)16-15-8/h1-5H,(H,14,18)(H,16,17). The summed E-state index contributed by atoms with van der Waals surface area (Å²) in [7, 11) is 0. The first-order valence-corrected chi connectivity index (χ1v) is 5.68. The third kappa shape index (κ3) is 2.80. The monoisotopic (exact) mass is 311 g/mol. The molecule has 1 amide bonds. The van der Waals surface area contributed by atoms with Gasteiger partial charge < -0.3 is 5.32 Å². The number of halogens is 2. The van der Waals surface area contributed by atoms with Gasteiger partial charge >= 0.3 is 0 Å². The van der Waals surface area contributed by atoms with E-state index in [-0.39, 0.29) is 11.4 Å². The summed E-state index contributed by atoms with van der Waals surface area (Å²) in [6.07, 6.45) is 0. The first kappa shape index (κ1) is 12.4. The van der Waals surface area contributed by atoms with Crippen LogP contribution < -0.4 is 10.9 Å². The molecule has 2 N–H and O–H groups in total. The summed E-state index contributed by atoms with van der Waals surface area (Å²) in [5.74, 6) is -1.17. The van der Waals surface area contributed by atoms with E-state index in [1.54, 1.807) is 0 Å². The highest BCUT2D eigenvalue weighted by atomic mass is 79.9. The van der Waals surface area contributed by atoms with Crippen molar-refractivity contribution in [3.05, 3.63) is 56.7 Å². The fourth-order valence-electron chi connectivity index (χ4n) is 1.25. The number of aromatic nitrogens is 2. The van der Waals surface area contributed by atoms with Gasteiger partial charge in [-0.05, 0) is 24.3 Å². The van der Waals surface area contributed by atoms with Crippen LogP contribution in [0.3, 0.4) is 0 Å². The number of anilines is 1. The molecule has 92 valence electrons. The first-order chi connectivity index (χ1) is 8.56. The molecule has 18 heavy (non-hydrogen) atoms. The molecular weight excluding hydrogens is 305 g/mol. The van der Waals surface area contributed by atoms with Gasteiger partial charge in [0.25, 0.3) is 11.5 Å². The van der Waals surface area contributed by atoms with Crippen molar-refractivity contribution in [1.29, 1.82) is 0 Å². The molecule has 0 radical (unpaired) electrons. The maximum absolute atomic E-state index is 13.4. The van der Waals surface area contributed by atoms with Gasteiger partial charge in [0.1, 0.15) is 11.5 Å². The Balaban J connectivity index is 2.23. The Morgan fingerprint density at radius 3 is 2.78 bits per heavy atom. The lowest BCUT2D eigenvalue weighted by molar-refractivity contribution is 0.102. The third-order valence-electron chi connectivity index (χ3n) is 2.09. The van der Waals surface area contributed by atoms with Crippen LogP contribution >= 0.6 is 15.9 Å². The second kappa shape index (κ2) is 5.09. The van der Waals surface area contributed by atoms with Crippen LogP contribution in [0.4, 0.5) is 10.1 Å². The van der Waals surface area contributed by atoms with Gasteiger partial charge in [-0.2, -0.15) is 5.10 Å². The lowest BCUT2D eigenvalue weighted by Gasteiger charge is -2.05. The average Bonchev–Trinajstić information content (AvgIpc) is 2.34. The van der Waals surface area contributed by atoms with Gasteiger partial charge in [-0.25, -0.2) is 9.49 Å². The van der Waals surface area contributed by atoms with Crippen molar-refractivity contribution in [2.24, 2.45) is 0 Å². The predicted octanol–water partition coefficient (Wildman–Crippen LogP) is 1.92. The van der Waals surface area contributed by atoms with Gasteiger partial charge in [0.2, 0.25) is 0 Å². The molecule has 0 aliphatic heterocycles. The Labute approximate surface area is 109 Å². The van der Waals surface area contributed by atoms with Crippen LogP contribution in [-0.2, 0) is 0 Å². The molecule has 7 heteroatoms. The zero-order valence-electron chi connectivity index (χ0n) is 8.91. The molecule has 0 atom stereocenters. The summed E-state index contributed by atoms with van der Waals surface area (Å²) < 4.78 is 14.0. The number of hydrogen-bond acceptors (Lipinski definition) is 3. The third-order valence-corrected chi connectivity index (χ3v) is 2.58. The van der Waals surface area contributed by atoms with Crippen LogP contribution in [0.1, 0.15) is 10.5 Å². The van der Waals surface area contributed by atoms with E-state index in [0.29, 0.717) is 4.47 Å². The summed E-state index contributed by atoms with van der Waals surface area (Å²) in [4.78, 5) is 22.5. The SMILES string of the molecule is O=C(Nc1cc(Br)ccc1F)c1ccc(=O)[nH]n1. The van der Waals surface area contributed by atoms with E-state index < -0.39 is 17.3 Å². The van der Waals surface area contributed by atoms with E-state index in [0.717, 1.165) is 0 Å². The summed E-state index contributed by atoms with van der Waals surface area (Å²) >= 11 is 3.17. The smallest absolute Gasteiger partial charge is 0.276 e. The van der Waals surface area contributed by atoms with Crippen LogP contribution in [0.5, 0.6) is 0 Å². The van der Waals surface area contributed by atoms with Crippen molar-refractivity contribution in [2.75, 3.05) is 5.32 Å². The molecule has 2 aromatic rings. The minimum absolute atomic E-state index is 0.00558. The molecule has 2 rings (SSSR count). The highest BCUT2D eigenvalue weighted by Gasteiger charge is 2.11. The molecule has 0 saturated heterocycles. The molecule has 5 nitrogen and oxygen atoms in total. The van der Waals surface area contributed by atoms with E-state index in [1.807, 2.05) is 0 Å². The Hall–Kier alpha value is -2.02. The number of rotatable bonds is 2. The van der Waals surface area contributed by atoms with Crippen molar-refractivity contribution >= 4 is 27.5 Å². The number of nitrogens with one attached hydrogen (secondary N) is 2. The normalized spacial score (nSPS) is 10.1. The molecule has 0 aliphatic carbocycles. The number of H-pyrrole nitrogens is 1. The Kier molecular flexibility index (Phi) is 3.52. The molecule has 0 unspecified atom stereocenters. The van der Waals surface area contributed by atoms with E-state index in [4.69, 9.17) is 0 Å². The first-order valence-electron chi connectivity index (χ1n) is 4.88. The number of nitrogens with zero attached hydrogens (tertiary/aromatic N) is 1. The Morgan fingerprint density at radius 2 is 2.11 bits per heavy atom. The lowest BCUT2D eigenvalue weighted by atomic mass is 10.3. The fourth-order valence-corrected chi connectivity index (χ4v) is 1.61. The Bertz CT molecular complexity index is 636. The van der Waals surface area contributed by atoms with Gasteiger partial charge in [0.05, 0.1) is 5.69 Å². The number of benzene rings is 1. The minimum atomic E-state index is -0.608. The topological polar surface area (TPSA) is 74.8 Å². The van der Waals surface area contributed by atoms with Crippen molar-refractivity contribution in [2.45, 2.75) is 0 Å². The number of amides is 1. The highest BCUT2D eigenvalue weighted by molar-refractivity contribution is 9.10. The van der Waals surface area contributed by atoms with Gasteiger partial charge in [0.15, 0.2) is 0 Å². The van der Waals surface area contributed by atoms with E-state index in [2.05, 4.69) is 31.4 Å². The average molecular weight is 312 g/mol. The van der Waals surface area contributed by atoms with Crippen LogP contribution in [-0.4, -0.2) is 16.1 Å². The zero-order chi connectivity index (χ0) is 13.1. The van der Waals surface area contributed by atoms with Crippen LogP contribution in [0, 0.1) is 5.82 Å². The summed E-state index contributed by atoms with van der Waals surface area (Å²) in [6.45, 7) is 0. The van der Waals surface area contributed by atoms with Gasteiger partial charge in [-0.3, -0.25) is 9.59 Å². The number of hydrogen-bond donors (Lipinski definition) is 2. The van der Waals surface area contributed by atoms with Gasteiger partial charge in [-0.15, -0.1) is 0 Å². The van der Waals surface area contributed by atoms with Crippen LogP contribution in [0.15, 0.2) is 39.6 Å². The van der Waals surface area contributed by atoms with Crippen molar-refractivity contribution in [1.82, 2.24) is 10.2 Å². The molecular formula is C11H7BrFN3O2. The second-order valence-corrected chi connectivity index (χ2v) is 4.30. The lowest BCUT2D eigenvalue weighted by Crippen LogP contribution is -2.18. The zero-order valence-corrected chi connectivity index (χ0v) is 10.5. The summed E-state index contributed by atoms with van der Waals surface area (Å²) in [5.41, 5.74) is -0.392. The molecule has 1 aromatic carbocycles. The van der Waals surface area contributed by atoms with E-state index in [1.165, 1.54) is 30.3 Å². The fraction of sp³-hybridized carbons (Fsp3) is 0. The molecule has 0 spiro atoms. The molecule has 1 heterocycles. The molecule has 0 aliphatic rings. The number of aromatic amines is 1. The highest BCUT2D eigenvalue weighted by Crippen LogP contribution is 2.20. The van der Waals surface area contributed by atoms with Gasteiger partial charge in [-0.1, -0.05) is 15.9 Å². The number of carbonyl (C=O) groups is 1. The van der Waals surface area contributed by atoms with E-state index >= 15 is 0 Å². The molecule has 0 fully saturated rings. The predicted molar refractivity (Wildman–Crippen MR) is 66.9 cm³/mol. The quantitative estimate of drug-likeness (QED) is 0.890. The van der Waals surface area contributed by atoms with Crippen molar-refractivity contribution in [3.63, 3.8) is 0 Å². The van der Waals surface area contributed by atoms with Gasteiger partial charge in [0, 0.05) is 10.5 Å². The van der Waals surface area contributed by atoms with E-state index in [9.17, 15) is 14.0 Å². The number of carbonyl (C=O) groups excluding carboxylic acids is 1.